The lowest BCUT2D eigenvalue weighted by Gasteiger charge is -2.15. The number of hydrogen-bond acceptors (Lipinski definition) is 7. The lowest BCUT2D eigenvalue weighted by Crippen LogP contribution is -2.16. The van der Waals surface area contributed by atoms with Gasteiger partial charge >= 0.3 is 0 Å². The van der Waals surface area contributed by atoms with Crippen molar-refractivity contribution in [2.24, 2.45) is 0 Å². The summed E-state index contributed by atoms with van der Waals surface area (Å²) in [5.74, 6) is 0.999. The molecule has 0 spiro atoms. The van der Waals surface area contributed by atoms with Crippen molar-refractivity contribution in [3.05, 3.63) is 72.3 Å². The molecule has 0 saturated carbocycles. The number of methoxy groups -OCH3 is 1. The molecule has 0 bridgehead atoms. The first-order valence-electron chi connectivity index (χ1n) is 9.42. The Bertz CT molecular complexity index is 1370. The maximum atomic E-state index is 13.0. The SMILES string of the molecule is COc1cc(C)cc(Nc2nc3ccccc3nc2NS(=O)(=O)c2cccc(N)c2)c1. The average Bonchev–Trinajstić information content (AvgIpc) is 2.73. The zero-order valence-electron chi connectivity index (χ0n) is 17.0. The topological polar surface area (TPSA) is 119 Å². The van der Waals surface area contributed by atoms with Gasteiger partial charge in [-0.3, -0.25) is 4.72 Å². The predicted molar refractivity (Wildman–Crippen MR) is 122 cm³/mol. The molecule has 9 heteroatoms. The summed E-state index contributed by atoms with van der Waals surface area (Å²) in [6.45, 7) is 1.93. The monoisotopic (exact) mass is 435 g/mol. The van der Waals surface area contributed by atoms with Gasteiger partial charge in [-0.25, -0.2) is 18.4 Å². The van der Waals surface area contributed by atoms with E-state index in [9.17, 15) is 8.42 Å². The van der Waals surface area contributed by atoms with E-state index in [0.717, 1.165) is 5.56 Å². The lowest BCUT2D eigenvalue weighted by molar-refractivity contribution is 0.414. The van der Waals surface area contributed by atoms with Crippen molar-refractivity contribution in [2.45, 2.75) is 11.8 Å². The fraction of sp³-hybridized carbons (Fsp3) is 0.0909. The van der Waals surface area contributed by atoms with E-state index in [1.165, 1.54) is 12.1 Å². The molecule has 0 radical (unpaired) electrons. The van der Waals surface area contributed by atoms with Crippen LogP contribution in [0.25, 0.3) is 11.0 Å². The molecular formula is C22H21N5O3S. The minimum Gasteiger partial charge on any atom is -0.497 e. The van der Waals surface area contributed by atoms with Crippen LogP contribution in [0.5, 0.6) is 5.75 Å². The number of hydrogen-bond donors (Lipinski definition) is 3. The summed E-state index contributed by atoms with van der Waals surface area (Å²) < 4.78 is 33.8. The molecule has 4 N–H and O–H groups in total. The molecule has 4 rings (SSSR count). The number of nitrogen functional groups attached to an aromatic ring is 1. The maximum absolute atomic E-state index is 13.0. The summed E-state index contributed by atoms with van der Waals surface area (Å²) in [6, 6.07) is 18.8. The Balaban J connectivity index is 1.79. The molecule has 8 nitrogen and oxygen atoms in total. The van der Waals surface area contributed by atoms with Crippen LogP contribution in [0, 0.1) is 6.92 Å². The van der Waals surface area contributed by atoms with Crippen LogP contribution >= 0.6 is 0 Å². The van der Waals surface area contributed by atoms with E-state index in [-0.39, 0.29) is 16.5 Å². The molecule has 0 aliphatic heterocycles. The molecule has 0 fully saturated rings. The van der Waals surface area contributed by atoms with Crippen molar-refractivity contribution in [2.75, 3.05) is 22.9 Å². The number of benzene rings is 3. The van der Waals surface area contributed by atoms with Crippen molar-refractivity contribution >= 4 is 44.1 Å². The Labute approximate surface area is 180 Å². The predicted octanol–water partition coefficient (Wildman–Crippen LogP) is 4.07. The summed E-state index contributed by atoms with van der Waals surface area (Å²) in [6.07, 6.45) is 0. The number of nitrogens with two attached hydrogens (primary N) is 1. The van der Waals surface area contributed by atoms with Crippen LogP contribution in [0.1, 0.15) is 5.56 Å². The molecule has 0 unspecified atom stereocenters. The number of anilines is 4. The summed E-state index contributed by atoms with van der Waals surface area (Å²) in [5.41, 5.74) is 8.93. The van der Waals surface area contributed by atoms with E-state index in [1.54, 1.807) is 37.4 Å². The Morgan fingerprint density at radius 3 is 2.29 bits per heavy atom. The first-order valence-corrected chi connectivity index (χ1v) is 10.9. The number of sulfonamides is 1. The second kappa shape index (κ2) is 8.11. The van der Waals surface area contributed by atoms with Gasteiger partial charge in [0.1, 0.15) is 5.75 Å². The normalized spacial score (nSPS) is 11.3. The first kappa shape index (κ1) is 20.4. The number of aromatic nitrogens is 2. The van der Waals surface area contributed by atoms with E-state index < -0.39 is 10.0 Å². The van der Waals surface area contributed by atoms with Gasteiger partial charge in [0, 0.05) is 17.4 Å². The van der Waals surface area contributed by atoms with Gasteiger partial charge in [-0.1, -0.05) is 18.2 Å². The highest BCUT2D eigenvalue weighted by Crippen LogP contribution is 2.29. The smallest absolute Gasteiger partial charge is 0.263 e. The average molecular weight is 436 g/mol. The van der Waals surface area contributed by atoms with Crippen molar-refractivity contribution < 1.29 is 13.2 Å². The Morgan fingerprint density at radius 1 is 0.903 bits per heavy atom. The van der Waals surface area contributed by atoms with Crippen molar-refractivity contribution in [1.29, 1.82) is 0 Å². The summed E-state index contributed by atoms with van der Waals surface area (Å²) in [4.78, 5) is 9.11. The zero-order valence-corrected chi connectivity index (χ0v) is 17.8. The van der Waals surface area contributed by atoms with E-state index in [2.05, 4.69) is 20.0 Å². The van der Waals surface area contributed by atoms with Gasteiger partial charge < -0.3 is 15.8 Å². The third-order valence-electron chi connectivity index (χ3n) is 4.52. The maximum Gasteiger partial charge on any atom is 0.263 e. The van der Waals surface area contributed by atoms with Gasteiger partial charge in [0.15, 0.2) is 11.6 Å². The van der Waals surface area contributed by atoms with Crippen LogP contribution in [0.15, 0.2) is 71.6 Å². The van der Waals surface area contributed by atoms with Crippen molar-refractivity contribution in [3.8, 4) is 5.75 Å². The van der Waals surface area contributed by atoms with Crippen LogP contribution in [-0.4, -0.2) is 25.5 Å². The fourth-order valence-electron chi connectivity index (χ4n) is 3.10. The first-order chi connectivity index (χ1) is 14.8. The van der Waals surface area contributed by atoms with Gasteiger partial charge in [-0.2, -0.15) is 0 Å². The third-order valence-corrected chi connectivity index (χ3v) is 5.86. The van der Waals surface area contributed by atoms with Gasteiger partial charge in [0.25, 0.3) is 10.0 Å². The zero-order chi connectivity index (χ0) is 22.0. The number of fused-ring (bicyclic) bond motifs is 1. The van der Waals surface area contributed by atoms with Crippen LogP contribution in [-0.2, 0) is 10.0 Å². The molecule has 0 atom stereocenters. The number of ether oxygens (including phenoxy) is 1. The Kier molecular flexibility index (Phi) is 5.35. The molecule has 31 heavy (non-hydrogen) atoms. The van der Waals surface area contributed by atoms with Crippen LogP contribution in [0.4, 0.5) is 23.0 Å². The molecule has 158 valence electrons. The molecule has 1 aromatic heterocycles. The van der Waals surface area contributed by atoms with Gasteiger partial charge in [0.2, 0.25) is 0 Å². The second-order valence-corrected chi connectivity index (χ2v) is 8.63. The van der Waals surface area contributed by atoms with E-state index in [1.807, 2.05) is 31.2 Å². The molecule has 1 heterocycles. The van der Waals surface area contributed by atoms with E-state index in [4.69, 9.17) is 10.5 Å². The minimum absolute atomic E-state index is 0.0330. The summed E-state index contributed by atoms with van der Waals surface area (Å²) >= 11 is 0. The summed E-state index contributed by atoms with van der Waals surface area (Å²) in [5, 5.41) is 3.16. The lowest BCUT2D eigenvalue weighted by atomic mass is 10.2. The molecule has 4 aromatic rings. The van der Waals surface area contributed by atoms with Gasteiger partial charge in [-0.15, -0.1) is 0 Å². The quantitative estimate of drug-likeness (QED) is 0.391. The molecule has 0 saturated heterocycles. The molecule has 0 amide bonds. The number of para-hydroxylation sites is 2. The number of nitrogens with zero attached hydrogens (tertiary/aromatic N) is 2. The largest absolute Gasteiger partial charge is 0.497 e. The Morgan fingerprint density at radius 2 is 1.61 bits per heavy atom. The fourth-order valence-corrected chi connectivity index (χ4v) is 4.16. The van der Waals surface area contributed by atoms with Crippen LogP contribution < -0.4 is 20.5 Å². The summed E-state index contributed by atoms with van der Waals surface area (Å²) in [7, 11) is -2.35. The molecule has 0 aliphatic rings. The second-order valence-electron chi connectivity index (χ2n) is 6.95. The van der Waals surface area contributed by atoms with Crippen LogP contribution in [0.3, 0.4) is 0 Å². The highest BCUT2D eigenvalue weighted by molar-refractivity contribution is 7.92. The number of nitrogens with one attached hydrogen (secondary N) is 2. The van der Waals surface area contributed by atoms with E-state index in [0.29, 0.717) is 28.2 Å². The third kappa shape index (κ3) is 4.51. The molecular weight excluding hydrogens is 414 g/mol. The van der Waals surface area contributed by atoms with Crippen molar-refractivity contribution in [1.82, 2.24) is 9.97 Å². The number of aryl methyl sites for hydroxylation is 1. The van der Waals surface area contributed by atoms with Gasteiger partial charge in [-0.05, 0) is 55.0 Å². The highest BCUT2D eigenvalue weighted by atomic mass is 32.2. The highest BCUT2D eigenvalue weighted by Gasteiger charge is 2.19. The standard InChI is InChI=1S/C22H21N5O3S/c1-14-10-16(13-17(11-14)30-2)24-21-22(26-20-9-4-3-8-19(20)25-21)27-31(28,29)18-7-5-6-15(23)12-18/h3-13H,23H2,1-2H3,(H,24,25)(H,26,27). The number of rotatable bonds is 6. The molecule has 0 aliphatic carbocycles. The Hall–Kier alpha value is -3.85. The van der Waals surface area contributed by atoms with E-state index >= 15 is 0 Å². The minimum atomic E-state index is -3.94. The van der Waals surface area contributed by atoms with Crippen LogP contribution in [0.2, 0.25) is 0 Å². The molecule has 3 aromatic carbocycles. The van der Waals surface area contributed by atoms with Crippen molar-refractivity contribution in [3.63, 3.8) is 0 Å². The van der Waals surface area contributed by atoms with Gasteiger partial charge in [0.05, 0.1) is 23.0 Å².